The highest BCUT2D eigenvalue weighted by Gasteiger charge is 2.65. The zero-order valence-electron chi connectivity index (χ0n) is 13.3. The Hall–Kier alpha value is -1.19. The van der Waals surface area contributed by atoms with Crippen molar-refractivity contribution in [2.24, 2.45) is 5.92 Å². The van der Waals surface area contributed by atoms with E-state index in [4.69, 9.17) is 9.47 Å². The van der Waals surface area contributed by atoms with Gasteiger partial charge in [0.15, 0.2) is 5.78 Å². The fourth-order valence-corrected chi connectivity index (χ4v) is 3.68. The second kappa shape index (κ2) is 4.92. The van der Waals surface area contributed by atoms with Crippen LogP contribution < -0.4 is 0 Å². The first kappa shape index (κ1) is 14.7. The van der Waals surface area contributed by atoms with Crippen LogP contribution in [0, 0.1) is 12.8 Å². The van der Waals surface area contributed by atoms with Crippen molar-refractivity contribution >= 4 is 5.78 Å². The first-order chi connectivity index (χ1) is 9.87. The van der Waals surface area contributed by atoms with Crippen LogP contribution in [0.1, 0.15) is 44.7 Å². The number of hydrogen-bond acceptors (Lipinski definition) is 3. The van der Waals surface area contributed by atoms with Gasteiger partial charge in [-0.3, -0.25) is 4.79 Å². The normalized spacial score (nSPS) is 34.9. The zero-order chi connectivity index (χ0) is 15.3. The minimum Gasteiger partial charge on any atom is -0.370 e. The topological polar surface area (TPSA) is 35.5 Å². The van der Waals surface area contributed by atoms with E-state index in [1.807, 2.05) is 19.1 Å². The number of hydrogen-bond donors (Lipinski definition) is 0. The third-order valence-electron chi connectivity index (χ3n) is 5.20. The predicted molar refractivity (Wildman–Crippen MR) is 81.1 cm³/mol. The molecule has 21 heavy (non-hydrogen) atoms. The molecule has 2 aliphatic heterocycles. The van der Waals surface area contributed by atoms with Crippen LogP contribution in [-0.4, -0.2) is 23.1 Å². The maximum Gasteiger partial charge on any atom is 0.167 e. The molecule has 0 N–H and O–H groups in total. The maximum atomic E-state index is 12.3. The Labute approximate surface area is 126 Å². The van der Waals surface area contributed by atoms with Crippen molar-refractivity contribution in [3.8, 4) is 0 Å². The summed E-state index contributed by atoms with van der Waals surface area (Å²) in [5.74, 6) is 0.439. The molecule has 1 aromatic rings. The van der Waals surface area contributed by atoms with Gasteiger partial charge in [0.2, 0.25) is 0 Å². The summed E-state index contributed by atoms with van der Waals surface area (Å²) in [6, 6.07) is 8.25. The van der Waals surface area contributed by atoms with Gasteiger partial charge in [-0.05, 0) is 30.9 Å². The molecule has 0 amide bonds. The molecule has 2 aliphatic rings. The number of benzene rings is 1. The van der Waals surface area contributed by atoms with Crippen LogP contribution in [0.4, 0.5) is 0 Å². The molecule has 1 aromatic carbocycles. The van der Waals surface area contributed by atoms with E-state index in [1.165, 1.54) is 11.1 Å². The van der Waals surface area contributed by atoms with Gasteiger partial charge < -0.3 is 9.47 Å². The third kappa shape index (κ3) is 2.23. The van der Waals surface area contributed by atoms with Gasteiger partial charge in [0.25, 0.3) is 0 Å². The summed E-state index contributed by atoms with van der Waals surface area (Å²) >= 11 is 0. The molecule has 114 valence electrons. The molecule has 0 aromatic heterocycles. The Balaban J connectivity index is 1.74. The number of aryl methyl sites for hydroxylation is 1. The van der Waals surface area contributed by atoms with E-state index in [0.717, 1.165) is 0 Å². The van der Waals surface area contributed by atoms with Crippen molar-refractivity contribution < 1.29 is 14.3 Å². The molecule has 3 nitrogen and oxygen atoms in total. The second-order valence-corrected chi connectivity index (χ2v) is 6.99. The number of fused-ring (bicyclic) bond motifs is 2. The SMILES string of the molecule is Cc1ccccc1CO[C@@H]1C[C@]2(C(C)C)O[C@@]1(C)CC2=O. The third-order valence-corrected chi connectivity index (χ3v) is 5.20. The van der Waals surface area contributed by atoms with E-state index < -0.39 is 11.2 Å². The lowest BCUT2D eigenvalue weighted by molar-refractivity contribution is -0.136. The Bertz CT molecular complexity index is 565. The fraction of sp³-hybridized carbons (Fsp3) is 0.611. The standard InChI is InChI=1S/C18H24O3/c1-12(2)18-10-16(17(4,21-18)9-15(18)19)20-11-14-8-6-5-7-13(14)3/h5-8,12,16H,9-11H2,1-4H3/t16-,17+,18-/m1/s1. The number of carbonyl (C=O) groups excluding carboxylic acids is 1. The Morgan fingerprint density at radius 1 is 1.38 bits per heavy atom. The minimum atomic E-state index is -0.620. The lowest BCUT2D eigenvalue weighted by Gasteiger charge is -2.30. The molecule has 0 radical (unpaired) electrons. The number of ether oxygens (including phenoxy) is 2. The minimum absolute atomic E-state index is 0.00259. The van der Waals surface area contributed by atoms with E-state index >= 15 is 0 Å². The average Bonchev–Trinajstić information content (AvgIpc) is 2.86. The molecule has 0 saturated carbocycles. The zero-order valence-corrected chi connectivity index (χ0v) is 13.3. The van der Waals surface area contributed by atoms with Gasteiger partial charge in [-0.1, -0.05) is 38.1 Å². The highest BCUT2D eigenvalue weighted by molar-refractivity contribution is 5.92. The molecular weight excluding hydrogens is 264 g/mol. The van der Waals surface area contributed by atoms with Crippen molar-refractivity contribution in [2.75, 3.05) is 0 Å². The van der Waals surface area contributed by atoms with E-state index in [-0.39, 0.29) is 17.8 Å². The molecule has 3 heteroatoms. The molecule has 0 spiro atoms. The van der Waals surface area contributed by atoms with Gasteiger partial charge in [-0.25, -0.2) is 0 Å². The van der Waals surface area contributed by atoms with Crippen LogP contribution in [-0.2, 0) is 20.9 Å². The fourth-order valence-electron chi connectivity index (χ4n) is 3.68. The molecule has 2 heterocycles. The monoisotopic (exact) mass is 288 g/mol. The second-order valence-electron chi connectivity index (χ2n) is 6.99. The highest BCUT2D eigenvalue weighted by atomic mass is 16.6. The molecule has 2 bridgehead atoms. The summed E-state index contributed by atoms with van der Waals surface area (Å²) in [6.45, 7) is 8.82. The van der Waals surface area contributed by atoms with Crippen molar-refractivity contribution in [2.45, 2.75) is 64.4 Å². The lowest BCUT2D eigenvalue weighted by atomic mass is 9.74. The largest absolute Gasteiger partial charge is 0.370 e. The van der Waals surface area contributed by atoms with Crippen LogP contribution in [0.5, 0.6) is 0 Å². The molecule has 0 unspecified atom stereocenters. The van der Waals surface area contributed by atoms with Crippen LogP contribution in [0.3, 0.4) is 0 Å². The van der Waals surface area contributed by atoms with Gasteiger partial charge in [-0.15, -0.1) is 0 Å². The molecule has 3 rings (SSSR count). The Morgan fingerprint density at radius 2 is 2.10 bits per heavy atom. The molecule has 2 fully saturated rings. The van der Waals surface area contributed by atoms with Crippen LogP contribution in [0.2, 0.25) is 0 Å². The average molecular weight is 288 g/mol. The van der Waals surface area contributed by atoms with Crippen LogP contribution in [0.15, 0.2) is 24.3 Å². The Morgan fingerprint density at radius 3 is 2.71 bits per heavy atom. The quantitative estimate of drug-likeness (QED) is 0.851. The maximum absolute atomic E-state index is 12.3. The lowest BCUT2D eigenvalue weighted by Crippen LogP contribution is -2.44. The van der Waals surface area contributed by atoms with E-state index in [2.05, 4.69) is 32.9 Å². The number of ketones is 1. The summed E-state index contributed by atoms with van der Waals surface area (Å²) in [5, 5.41) is 0. The predicted octanol–water partition coefficient (Wildman–Crippen LogP) is 3.43. The van der Waals surface area contributed by atoms with E-state index in [1.54, 1.807) is 0 Å². The first-order valence-electron chi connectivity index (χ1n) is 7.77. The smallest absolute Gasteiger partial charge is 0.167 e. The van der Waals surface area contributed by atoms with Crippen molar-refractivity contribution in [1.29, 1.82) is 0 Å². The number of Topliss-reactive ketones (excluding diaryl/α,β-unsaturated/α-hetero) is 1. The van der Waals surface area contributed by atoms with E-state index in [9.17, 15) is 4.79 Å². The molecule has 0 aliphatic carbocycles. The van der Waals surface area contributed by atoms with Crippen molar-refractivity contribution in [3.63, 3.8) is 0 Å². The summed E-state index contributed by atoms with van der Waals surface area (Å²) in [4.78, 5) is 12.3. The molecular formula is C18H24O3. The Kier molecular flexibility index (Phi) is 3.45. The van der Waals surface area contributed by atoms with Crippen molar-refractivity contribution in [1.82, 2.24) is 0 Å². The highest BCUT2D eigenvalue weighted by Crippen LogP contribution is 2.53. The van der Waals surface area contributed by atoms with Crippen molar-refractivity contribution in [3.05, 3.63) is 35.4 Å². The molecule has 2 saturated heterocycles. The van der Waals surface area contributed by atoms with Gasteiger partial charge in [-0.2, -0.15) is 0 Å². The van der Waals surface area contributed by atoms with Gasteiger partial charge >= 0.3 is 0 Å². The van der Waals surface area contributed by atoms with Crippen LogP contribution in [0.25, 0.3) is 0 Å². The number of rotatable bonds is 4. The van der Waals surface area contributed by atoms with Gasteiger partial charge in [0.1, 0.15) is 5.60 Å². The summed E-state index contributed by atoms with van der Waals surface area (Å²) < 4.78 is 12.3. The van der Waals surface area contributed by atoms with Gasteiger partial charge in [0, 0.05) is 12.8 Å². The van der Waals surface area contributed by atoms with E-state index in [0.29, 0.717) is 19.4 Å². The molecule has 3 atom stereocenters. The summed E-state index contributed by atoms with van der Waals surface area (Å²) in [5.41, 5.74) is 1.37. The summed E-state index contributed by atoms with van der Waals surface area (Å²) in [6.07, 6.45) is 1.16. The summed E-state index contributed by atoms with van der Waals surface area (Å²) in [7, 11) is 0. The first-order valence-corrected chi connectivity index (χ1v) is 7.77. The van der Waals surface area contributed by atoms with Crippen LogP contribution >= 0.6 is 0 Å². The number of carbonyl (C=O) groups is 1. The van der Waals surface area contributed by atoms with Gasteiger partial charge in [0.05, 0.1) is 18.3 Å².